The van der Waals surface area contributed by atoms with E-state index in [1.165, 1.54) is 0 Å². The standard InChI is InChI=1S/C15H20ClN3O/c1-4-8-19(9-5-2)11(3)15(20)18-14-7-6-12(17)10-13(14)16/h4-7,10-11H,1-2,8-9,17H2,3H3,(H,18,20). The van der Waals surface area contributed by atoms with E-state index in [1.54, 1.807) is 30.4 Å². The Morgan fingerprint density at radius 1 is 1.45 bits per heavy atom. The van der Waals surface area contributed by atoms with Gasteiger partial charge in [-0.3, -0.25) is 9.69 Å². The van der Waals surface area contributed by atoms with Crippen molar-refractivity contribution in [3.8, 4) is 0 Å². The van der Waals surface area contributed by atoms with Crippen LogP contribution in [0.2, 0.25) is 5.02 Å². The Morgan fingerprint density at radius 3 is 2.55 bits per heavy atom. The topological polar surface area (TPSA) is 58.4 Å². The first kappa shape index (κ1) is 16.3. The SMILES string of the molecule is C=CCN(CC=C)C(C)C(=O)Nc1ccc(N)cc1Cl. The molecule has 3 N–H and O–H groups in total. The summed E-state index contributed by atoms with van der Waals surface area (Å²) in [5, 5.41) is 3.22. The summed E-state index contributed by atoms with van der Waals surface area (Å²) < 4.78 is 0. The smallest absolute Gasteiger partial charge is 0.241 e. The molecule has 1 amide bonds. The molecule has 20 heavy (non-hydrogen) atoms. The molecule has 1 atom stereocenters. The minimum absolute atomic E-state index is 0.139. The first-order valence-electron chi connectivity index (χ1n) is 6.31. The second kappa shape index (κ2) is 7.72. The lowest BCUT2D eigenvalue weighted by atomic mass is 10.2. The van der Waals surface area contributed by atoms with Crippen molar-refractivity contribution in [1.82, 2.24) is 4.90 Å². The van der Waals surface area contributed by atoms with Crippen molar-refractivity contribution in [2.75, 3.05) is 24.1 Å². The van der Waals surface area contributed by atoms with E-state index in [-0.39, 0.29) is 11.9 Å². The highest BCUT2D eigenvalue weighted by atomic mass is 35.5. The van der Waals surface area contributed by atoms with Gasteiger partial charge in [-0.2, -0.15) is 0 Å². The van der Waals surface area contributed by atoms with Crippen LogP contribution < -0.4 is 11.1 Å². The maximum absolute atomic E-state index is 12.2. The Labute approximate surface area is 124 Å². The normalized spacial score (nSPS) is 11.9. The molecule has 4 nitrogen and oxygen atoms in total. The molecule has 0 fully saturated rings. The maximum Gasteiger partial charge on any atom is 0.241 e. The average Bonchev–Trinajstić information content (AvgIpc) is 2.40. The van der Waals surface area contributed by atoms with Crippen LogP contribution in [-0.4, -0.2) is 29.9 Å². The fourth-order valence-electron chi connectivity index (χ4n) is 1.76. The largest absolute Gasteiger partial charge is 0.399 e. The Bertz CT molecular complexity index is 492. The predicted molar refractivity (Wildman–Crippen MR) is 85.9 cm³/mol. The second-order valence-corrected chi connectivity index (χ2v) is 4.84. The summed E-state index contributed by atoms with van der Waals surface area (Å²) in [6, 6.07) is 4.66. The zero-order valence-electron chi connectivity index (χ0n) is 11.6. The van der Waals surface area contributed by atoms with Gasteiger partial charge in [-0.1, -0.05) is 23.8 Å². The molecule has 0 saturated heterocycles. The van der Waals surface area contributed by atoms with E-state index in [1.807, 2.05) is 11.8 Å². The number of hydrogen-bond donors (Lipinski definition) is 2. The molecular formula is C15H20ClN3O. The fourth-order valence-corrected chi connectivity index (χ4v) is 1.99. The lowest BCUT2D eigenvalue weighted by Crippen LogP contribution is -2.42. The molecule has 108 valence electrons. The molecule has 0 radical (unpaired) electrons. The lowest BCUT2D eigenvalue weighted by Gasteiger charge is -2.25. The second-order valence-electron chi connectivity index (χ2n) is 4.44. The van der Waals surface area contributed by atoms with Crippen LogP contribution in [0, 0.1) is 0 Å². The molecule has 1 unspecified atom stereocenters. The van der Waals surface area contributed by atoms with E-state index in [9.17, 15) is 4.79 Å². The summed E-state index contributed by atoms with van der Waals surface area (Å²) in [6.07, 6.45) is 3.51. The van der Waals surface area contributed by atoms with Crippen LogP contribution in [0.3, 0.4) is 0 Å². The molecule has 1 aromatic carbocycles. The van der Waals surface area contributed by atoms with Gasteiger partial charge in [0, 0.05) is 18.8 Å². The quantitative estimate of drug-likeness (QED) is 0.600. The first-order valence-corrected chi connectivity index (χ1v) is 6.69. The van der Waals surface area contributed by atoms with Crippen LogP contribution in [0.5, 0.6) is 0 Å². The summed E-state index contributed by atoms with van der Waals surface area (Å²) in [6.45, 7) is 10.4. The monoisotopic (exact) mass is 293 g/mol. The molecule has 0 spiro atoms. The van der Waals surface area contributed by atoms with Gasteiger partial charge in [0.2, 0.25) is 5.91 Å². The lowest BCUT2D eigenvalue weighted by molar-refractivity contribution is -0.120. The maximum atomic E-state index is 12.2. The summed E-state index contributed by atoms with van der Waals surface area (Å²) in [5.41, 5.74) is 6.73. The zero-order valence-corrected chi connectivity index (χ0v) is 12.4. The Balaban J connectivity index is 2.77. The van der Waals surface area contributed by atoms with E-state index in [2.05, 4.69) is 18.5 Å². The summed E-state index contributed by atoms with van der Waals surface area (Å²) >= 11 is 6.04. The number of halogens is 1. The van der Waals surface area contributed by atoms with Gasteiger partial charge in [0.1, 0.15) is 0 Å². The molecule has 5 heteroatoms. The van der Waals surface area contributed by atoms with Gasteiger partial charge in [0.05, 0.1) is 16.8 Å². The number of benzene rings is 1. The zero-order chi connectivity index (χ0) is 15.1. The molecule has 1 aromatic rings. The number of nitrogens with zero attached hydrogens (tertiary/aromatic N) is 1. The van der Waals surface area contributed by atoms with Crippen molar-refractivity contribution in [1.29, 1.82) is 0 Å². The Hall–Kier alpha value is -1.78. The van der Waals surface area contributed by atoms with Crippen LogP contribution in [-0.2, 0) is 4.79 Å². The Kier molecular flexibility index (Phi) is 6.28. The van der Waals surface area contributed by atoms with Gasteiger partial charge in [0.15, 0.2) is 0 Å². The molecule has 1 rings (SSSR count). The van der Waals surface area contributed by atoms with Gasteiger partial charge in [-0.05, 0) is 25.1 Å². The van der Waals surface area contributed by atoms with Crippen molar-refractivity contribution >= 4 is 28.9 Å². The third-order valence-corrected chi connectivity index (χ3v) is 3.22. The molecule has 0 bridgehead atoms. The third kappa shape index (κ3) is 4.40. The third-order valence-electron chi connectivity index (χ3n) is 2.91. The van der Waals surface area contributed by atoms with Crippen molar-refractivity contribution in [2.24, 2.45) is 0 Å². The van der Waals surface area contributed by atoms with E-state index < -0.39 is 0 Å². The molecule has 0 aromatic heterocycles. The number of nitrogens with one attached hydrogen (secondary N) is 1. The number of nitrogens with two attached hydrogens (primary N) is 1. The number of rotatable bonds is 7. The van der Waals surface area contributed by atoms with Crippen LogP contribution in [0.25, 0.3) is 0 Å². The number of carbonyl (C=O) groups excluding carboxylic acids is 1. The van der Waals surface area contributed by atoms with Gasteiger partial charge in [0.25, 0.3) is 0 Å². The van der Waals surface area contributed by atoms with Crippen LogP contribution >= 0.6 is 11.6 Å². The average molecular weight is 294 g/mol. The highest BCUT2D eigenvalue weighted by molar-refractivity contribution is 6.34. The highest BCUT2D eigenvalue weighted by Crippen LogP contribution is 2.24. The molecule has 0 aliphatic carbocycles. The van der Waals surface area contributed by atoms with Crippen molar-refractivity contribution in [3.05, 3.63) is 48.5 Å². The fraction of sp³-hybridized carbons (Fsp3) is 0.267. The number of nitrogen functional groups attached to an aromatic ring is 1. The number of carbonyl (C=O) groups is 1. The van der Waals surface area contributed by atoms with E-state index in [0.29, 0.717) is 29.5 Å². The first-order chi connectivity index (χ1) is 9.49. The molecule has 0 heterocycles. The van der Waals surface area contributed by atoms with Crippen molar-refractivity contribution < 1.29 is 4.79 Å². The molecular weight excluding hydrogens is 274 g/mol. The van der Waals surface area contributed by atoms with E-state index >= 15 is 0 Å². The highest BCUT2D eigenvalue weighted by Gasteiger charge is 2.20. The molecule has 0 aliphatic heterocycles. The molecule has 0 saturated carbocycles. The van der Waals surface area contributed by atoms with Crippen LogP contribution in [0.15, 0.2) is 43.5 Å². The van der Waals surface area contributed by atoms with Crippen molar-refractivity contribution in [2.45, 2.75) is 13.0 Å². The Morgan fingerprint density at radius 2 is 2.05 bits per heavy atom. The van der Waals surface area contributed by atoms with Gasteiger partial charge in [-0.25, -0.2) is 0 Å². The van der Waals surface area contributed by atoms with Crippen molar-refractivity contribution in [3.63, 3.8) is 0 Å². The van der Waals surface area contributed by atoms with Crippen LogP contribution in [0.1, 0.15) is 6.92 Å². The van der Waals surface area contributed by atoms with Gasteiger partial charge in [-0.15, -0.1) is 13.2 Å². The minimum atomic E-state index is -0.320. The summed E-state index contributed by atoms with van der Waals surface area (Å²) in [4.78, 5) is 14.2. The number of amides is 1. The minimum Gasteiger partial charge on any atom is -0.399 e. The number of anilines is 2. The summed E-state index contributed by atoms with van der Waals surface area (Å²) in [7, 11) is 0. The van der Waals surface area contributed by atoms with Gasteiger partial charge >= 0.3 is 0 Å². The van der Waals surface area contributed by atoms with Gasteiger partial charge < -0.3 is 11.1 Å². The molecule has 0 aliphatic rings. The van der Waals surface area contributed by atoms with Crippen LogP contribution in [0.4, 0.5) is 11.4 Å². The number of hydrogen-bond acceptors (Lipinski definition) is 3. The van der Waals surface area contributed by atoms with E-state index in [0.717, 1.165) is 0 Å². The van der Waals surface area contributed by atoms with E-state index in [4.69, 9.17) is 17.3 Å². The predicted octanol–water partition coefficient (Wildman–Crippen LogP) is 2.92. The summed E-state index contributed by atoms with van der Waals surface area (Å²) in [5.74, 6) is -0.139.